The summed E-state index contributed by atoms with van der Waals surface area (Å²) < 4.78 is 5.56. The van der Waals surface area contributed by atoms with E-state index in [0.29, 0.717) is 11.8 Å². The molecule has 0 amide bonds. The van der Waals surface area contributed by atoms with E-state index < -0.39 is 0 Å². The monoisotopic (exact) mass is 315 g/mol. The first-order chi connectivity index (χ1) is 10.9. The van der Waals surface area contributed by atoms with Crippen molar-refractivity contribution < 1.29 is 4.52 Å². The quantitative estimate of drug-likeness (QED) is 0.866. The predicted molar refractivity (Wildman–Crippen MR) is 88.1 cm³/mol. The molecule has 1 aromatic heterocycles. The lowest BCUT2D eigenvalue weighted by Crippen LogP contribution is -2.34. The van der Waals surface area contributed by atoms with Gasteiger partial charge in [-0.05, 0) is 24.9 Å². The maximum Gasteiger partial charge on any atom is 0.231 e. The van der Waals surface area contributed by atoms with Crippen LogP contribution in [0.3, 0.4) is 0 Å². The topological polar surface area (TPSA) is 42.2 Å². The fraction of sp³-hybridized carbons (Fsp3) is 0.529. The van der Waals surface area contributed by atoms with Gasteiger partial charge in [0.2, 0.25) is 5.89 Å². The van der Waals surface area contributed by atoms with Crippen LogP contribution in [0.15, 0.2) is 34.9 Å². The highest BCUT2D eigenvalue weighted by Gasteiger charge is 2.29. The molecule has 2 saturated heterocycles. The second-order valence-corrected chi connectivity index (χ2v) is 7.36. The molecule has 1 aromatic carbocycles. The number of nitrogens with zero attached hydrogens (tertiary/aromatic N) is 3. The van der Waals surface area contributed by atoms with Crippen LogP contribution in [0.25, 0.3) is 0 Å². The molecule has 2 aromatic rings. The second kappa shape index (κ2) is 6.42. The van der Waals surface area contributed by atoms with Gasteiger partial charge in [0.15, 0.2) is 5.82 Å². The minimum absolute atomic E-state index is 0.395. The first kappa shape index (κ1) is 14.3. The van der Waals surface area contributed by atoms with Crippen molar-refractivity contribution in [3.05, 3.63) is 47.6 Å². The van der Waals surface area contributed by atoms with Crippen LogP contribution in [-0.4, -0.2) is 39.6 Å². The predicted octanol–water partition coefficient (Wildman–Crippen LogP) is 3.28. The Morgan fingerprint density at radius 1 is 1.18 bits per heavy atom. The third-order valence-corrected chi connectivity index (χ3v) is 5.84. The first-order valence-electron chi connectivity index (χ1n) is 8.06. The molecule has 0 aliphatic carbocycles. The van der Waals surface area contributed by atoms with Crippen LogP contribution in [0.1, 0.15) is 42.0 Å². The SMILES string of the molecule is c1ccc(CN2CCCC(c3nc(C4CSC4)no3)C2)cc1. The molecule has 0 saturated carbocycles. The Bertz CT molecular complexity index is 611. The summed E-state index contributed by atoms with van der Waals surface area (Å²) in [5.74, 6) is 4.98. The van der Waals surface area contributed by atoms with E-state index in [1.807, 2.05) is 11.8 Å². The Morgan fingerprint density at radius 3 is 2.82 bits per heavy atom. The number of hydrogen-bond donors (Lipinski definition) is 0. The molecule has 2 fully saturated rings. The van der Waals surface area contributed by atoms with Crippen molar-refractivity contribution >= 4 is 11.8 Å². The molecule has 116 valence electrons. The third-order valence-electron chi connectivity index (χ3n) is 4.56. The first-order valence-corrected chi connectivity index (χ1v) is 9.21. The lowest BCUT2D eigenvalue weighted by molar-refractivity contribution is 0.180. The molecule has 2 aliphatic heterocycles. The van der Waals surface area contributed by atoms with Gasteiger partial charge in [0, 0.05) is 30.5 Å². The molecule has 4 rings (SSSR count). The van der Waals surface area contributed by atoms with Crippen LogP contribution in [0.5, 0.6) is 0 Å². The molecular weight excluding hydrogens is 294 g/mol. The highest BCUT2D eigenvalue weighted by Crippen LogP contribution is 2.34. The summed E-state index contributed by atoms with van der Waals surface area (Å²) in [5.41, 5.74) is 1.38. The molecular formula is C17H21N3OS. The number of rotatable bonds is 4. The molecule has 2 aliphatic rings. The van der Waals surface area contributed by atoms with Gasteiger partial charge >= 0.3 is 0 Å². The minimum atomic E-state index is 0.395. The van der Waals surface area contributed by atoms with E-state index >= 15 is 0 Å². The second-order valence-electron chi connectivity index (χ2n) is 6.29. The molecule has 0 N–H and O–H groups in total. The van der Waals surface area contributed by atoms with Crippen molar-refractivity contribution in [2.75, 3.05) is 24.6 Å². The standard InChI is InChI=1S/C17H21N3OS/c1-2-5-13(6-3-1)9-20-8-4-7-14(10-20)17-18-16(19-21-17)15-11-22-12-15/h1-3,5-6,14-15H,4,7-12H2. The van der Waals surface area contributed by atoms with Gasteiger partial charge in [0.1, 0.15) is 0 Å². The molecule has 0 radical (unpaired) electrons. The Kier molecular flexibility index (Phi) is 4.17. The lowest BCUT2D eigenvalue weighted by atomic mass is 9.97. The molecule has 22 heavy (non-hydrogen) atoms. The number of hydrogen-bond acceptors (Lipinski definition) is 5. The Morgan fingerprint density at radius 2 is 2.05 bits per heavy atom. The largest absolute Gasteiger partial charge is 0.339 e. The summed E-state index contributed by atoms with van der Waals surface area (Å²) in [6.45, 7) is 3.19. The van der Waals surface area contributed by atoms with Gasteiger partial charge in [-0.25, -0.2) is 0 Å². The summed E-state index contributed by atoms with van der Waals surface area (Å²) in [4.78, 5) is 7.19. The van der Waals surface area contributed by atoms with Gasteiger partial charge in [-0.3, -0.25) is 4.90 Å². The van der Waals surface area contributed by atoms with E-state index in [9.17, 15) is 0 Å². The minimum Gasteiger partial charge on any atom is -0.339 e. The summed E-state index contributed by atoms with van der Waals surface area (Å²) in [7, 11) is 0. The zero-order chi connectivity index (χ0) is 14.8. The molecule has 0 bridgehead atoms. The van der Waals surface area contributed by atoms with Gasteiger partial charge in [-0.15, -0.1) is 0 Å². The molecule has 4 nitrogen and oxygen atoms in total. The highest BCUT2D eigenvalue weighted by molar-refractivity contribution is 8.00. The summed E-state index contributed by atoms with van der Waals surface area (Å²) >= 11 is 1.96. The van der Waals surface area contributed by atoms with Crippen LogP contribution in [0.4, 0.5) is 0 Å². The van der Waals surface area contributed by atoms with Crippen molar-refractivity contribution in [3.8, 4) is 0 Å². The van der Waals surface area contributed by atoms with Crippen LogP contribution in [0, 0.1) is 0 Å². The zero-order valence-electron chi connectivity index (χ0n) is 12.6. The number of aromatic nitrogens is 2. The van der Waals surface area contributed by atoms with E-state index in [1.165, 1.54) is 12.0 Å². The fourth-order valence-electron chi connectivity index (χ4n) is 3.21. The molecule has 3 heterocycles. The van der Waals surface area contributed by atoms with Gasteiger partial charge in [0.05, 0.1) is 5.92 Å². The molecule has 5 heteroatoms. The summed E-state index contributed by atoms with van der Waals surface area (Å²) in [6.07, 6.45) is 2.36. The lowest BCUT2D eigenvalue weighted by Gasteiger charge is -2.31. The van der Waals surface area contributed by atoms with Crippen LogP contribution >= 0.6 is 11.8 Å². The van der Waals surface area contributed by atoms with Gasteiger partial charge in [-0.2, -0.15) is 16.7 Å². The van der Waals surface area contributed by atoms with Crippen molar-refractivity contribution in [2.24, 2.45) is 0 Å². The average Bonchev–Trinajstić information content (AvgIpc) is 2.96. The number of piperidine rings is 1. The van der Waals surface area contributed by atoms with Crippen molar-refractivity contribution in [3.63, 3.8) is 0 Å². The Labute approximate surface area is 135 Å². The Balaban J connectivity index is 1.41. The fourth-order valence-corrected chi connectivity index (χ4v) is 3.98. The van der Waals surface area contributed by atoms with Crippen molar-refractivity contribution in [1.29, 1.82) is 0 Å². The van der Waals surface area contributed by atoms with E-state index in [4.69, 9.17) is 4.52 Å². The van der Waals surface area contributed by atoms with Crippen LogP contribution in [-0.2, 0) is 6.54 Å². The molecule has 0 spiro atoms. The highest BCUT2D eigenvalue weighted by atomic mass is 32.2. The molecule has 1 unspecified atom stereocenters. The van der Waals surface area contributed by atoms with Gasteiger partial charge < -0.3 is 4.52 Å². The smallest absolute Gasteiger partial charge is 0.231 e. The maximum atomic E-state index is 5.56. The van der Waals surface area contributed by atoms with E-state index in [1.54, 1.807) is 0 Å². The van der Waals surface area contributed by atoms with Gasteiger partial charge in [0.25, 0.3) is 0 Å². The number of benzene rings is 1. The average molecular weight is 315 g/mol. The third kappa shape index (κ3) is 3.06. The van der Waals surface area contributed by atoms with E-state index in [-0.39, 0.29) is 0 Å². The number of likely N-dealkylation sites (tertiary alicyclic amines) is 1. The van der Waals surface area contributed by atoms with E-state index in [0.717, 1.165) is 49.3 Å². The van der Waals surface area contributed by atoms with E-state index in [2.05, 4.69) is 45.4 Å². The zero-order valence-corrected chi connectivity index (χ0v) is 13.5. The summed E-state index contributed by atoms with van der Waals surface area (Å²) in [5, 5.41) is 4.20. The van der Waals surface area contributed by atoms with Gasteiger partial charge in [-0.1, -0.05) is 35.5 Å². The van der Waals surface area contributed by atoms with Crippen molar-refractivity contribution in [1.82, 2.24) is 15.0 Å². The number of thioether (sulfide) groups is 1. The van der Waals surface area contributed by atoms with Crippen LogP contribution < -0.4 is 0 Å². The van der Waals surface area contributed by atoms with Crippen molar-refractivity contribution in [2.45, 2.75) is 31.2 Å². The Hall–Kier alpha value is -1.33. The normalized spacial score (nSPS) is 23.4. The maximum absolute atomic E-state index is 5.56. The summed E-state index contributed by atoms with van der Waals surface area (Å²) in [6, 6.07) is 10.7. The molecule has 1 atom stereocenters. The van der Waals surface area contributed by atoms with Crippen LogP contribution in [0.2, 0.25) is 0 Å².